The van der Waals surface area contributed by atoms with Gasteiger partial charge in [0, 0.05) is 24.9 Å². The quantitative estimate of drug-likeness (QED) is 0.656. The van der Waals surface area contributed by atoms with Crippen LogP contribution in [0.25, 0.3) is 0 Å². The van der Waals surface area contributed by atoms with Gasteiger partial charge < -0.3 is 20.6 Å². The van der Waals surface area contributed by atoms with Gasteiger partial charge in [0.25, 0.3) is 0 Å². The van der Waals surface area contributed by atoms with E-state index in [1.54, 1.807) is 4.90 Å². The van der Waals surface area contributed by atoms with Crippen molar-refractivity contribution < 1.29 is 14.7 Å². The number of aliphatic carboxylic acids is 1. The average Bonchev–Trinajstić information content (AvgIpc) is 2.84. The Morgan fingerprint density at radius 1 is 1.44 bits per heavy atom. The van der Waals surface area contributed by atoms with E-state index in [-0.39, 0.29) is 12.1 Å². The molecule has 2 fully saturated rings. The van der Waals surface area contributed by atoms with Crippen LogP contribution in [0.4, 0.5) is 4.79 Å². The highest BCUT2D eigenvalue weighted by atomic mass is 32.2. The van der Waals surface area contributed by atoms with Gasteiger partial charge in [0.1, 0.15) is 6.04 Å². The summed E-state index contributed by atoms with van der Waals surface area (Å²) in [6, 6.07) is -0.845. The van der Waals surface area contributed by atoms with E-state index in [0.717, 1.165) is 6.42 Å². The minimum absolute atomic E-state index is 0.0301. The maximum absolute atomic E-state index is 12.0. The van der Waals surface area contributed by atoms with Crippen molar-refractivity contribution in [3.8, 4) is 0 Å². The zero-order valence-corrected chi connectivity index (χ0v) is 9.65. The molecule has 2 saturated heterocycles. The first kappa shape index (κ1) is 11.5. The third kappa shape index (κ3) is 2.10. The van der Waals surface area contributed by atoms with E-state index in [1.165, 1.54) is 16.7 Å². The van der Waals surface area contributed by atoms with Crippen LogP contribution >= 0.6 is 11.8 Å². The summed E-state index contributed by atoms with van der Waals surface area (Å²) in [6.07, 6.45) is 0.796. The van der Waals surface area contributed by atoms with Crippen LogP contribution in [0.3, 0.4) is 0 Å². The molecule has 2 aliphatic heterocycles. The van der Waals surface area contributed by atoms with E-state index in [9.17, 15) is 9.59 Å². The third-order valence-electron chi connectivity index (χ3n) is 2.91. The van der Waals surface area contributed by atoms with E-state index in [2.05, 4.69) is 0 Å². The molecule has 0 bridgehead atoms. The number of carboxylic acid groups (broad SMARTS) is 1. The van der Waals surface area contributed by atoms with Crippen LogP contribution in [0, 0.1) is 0 Å². The normalized spacial score (nSPS) is 29.8. The largest absolute Gasteiger partial charge is 0.480 e. The Bertz CT molecular complexity index is 312. The van der Waals surface area contributed by atoms with Gasteiger partial charge in [-0.2, -0.15) is 0 Å². The Morgan fingerprint density at radius 2 is 2.19 bits per heavy atom. The highest BCUT2D eigenvalue weighted by Crippen LogP contribution is 2.23. The SMILES string of the molecule is NC1CCN(C(=O)N2CSC[C@H]2C(=O)O)C1. The fourth-order valence-electron chi connectivity index (χ4n) is 1.98. The lowest BCUT2D eigenvalue weighted by atomic mass is 10.3. The Hall–Kier alpha value is -0.950. The van der Waals surface area contributed by atoms with Crippen molar-refractivity contribution in [2.75, 3.05) is 24.7 Å². The van der Waals surface area contributed by atoms with Crippen molar-refractivity contribution in [3.63, 3.8) is 0 Å². The molecule has 7 heteroatoms. The van der Waals surface area contributed by atoms with Gasteiger partial charge in [-0.05, 0) is 6.42 Å². The number of hydrogen-bond donors (Lipinski definition) is 2. The molecule has 0 aromatic rings. The van der Waals surface area contributed by atoms with Crippen molar-refractivity contribution >= 4 is 23.8 Å². The van der Waals surface area contributed by atoms with Gasteiger partial charge in [-0.3, -0.25) is 0 Å². The number of rotatable bonds is 1. The number of urea groups is 1. The minimum Gasteiger partial charge on any atom is -0.480 e. The highest BCUT2D eigenvalue weighted by Gasteiger charge is 2.38. The lowest BCUT2D eigenvalue weighted by Gasteiger charge is -2.26. The van der Waals surface area contributed by atoms with Crippen molar-refractivity contribution in [2.45, 2.75) is 18.5 Å². The minimum atomic E-state index is -0.929. The van der Waals surface area contributed by atoms with Crippen LogP contribution in [0.15, 0.2) is 0 Å². The molecule has 0 aromatic carbocycles. The molecular weight excluding hydrogens is 230 g/mol. The Morgan fingerprint density at radius 3 is 2.75 bits per heavy atom. The molecule has 2 atom stereocenters. The van der Waals surface area contributed by atoms with Crippen molar-refractivity contribution in [1.29, 1.82) is 0 Å². The predicted molar refractivity (Wildman–Crippen MR) is 60.1 cm³/mol. The van der Waals surface area contributed by atoms with Crippen LogP contribution in [-0.4, -0.2) is 63.7 Å². The van der Waals surface area contributed by atoms with Crippen LogP contribution < -0.4 is 5.73 Å². The fraction of sp³-hybridized carbons (Fsp3) is 0.778. The maximum Gasteiger partial charge on any atom is 0.327 e. The molecule has 6 nitrogen and oxygen atoms in total. The van der Waals surface area contributed by atoms with Gasteiger partial charge in [-0.25, -0.2) is 9.59 Å². The molecule has 0 saturated carbocycles. The van der Waals surface area contributed by atoms with E-state index < -0.39 is 12.0 Å². The van der Waals surface area contributed by atoms with Crippen LogP contribution in [0.5, 0.6) is 0 Å². The van der Waals surface area contributed by atoms with Crippen LogP contribution in [0.2, 0.25) is 0 Å². The number of carboxylic acids is 1. The van der Waals surface area contributed by atoms with Gasteiger partial charge in [0.05, 0.1) is 5.88 Å². The maximum atomic E-state index is 12.0. The average molecular weight is 245 g/mol. The summed E-state index contributed by atoms with van der Waals surface area (Å²) in [6.45, 7) is 1.17. The third-order valence-corrected chi connectivity index (χ3v) is 3.92. The fourth-order valence-corrected chi connectivity index (χ4v) is 3.12. The van der Waals surface area contributed by atoms with E-state index in [0.29, 0.717) is 24.7 Å². The predicted octanol–water partition coefficient (Wildman–Crippen LogP) is -0.401. The second kappa shape index (κ2) is 4.50. The zero-order chi connectivity index (χ0) is 11.7. The molecule has 16 heavy (non-hydrogen) atoms. The topological polar surface area (TPSA) is 86.9 Å². The molecule has 0 aliphatic carbocycles. The Balaban J connectivity index is 2.01. The summed E-state index contributed by atoms with van der Waals surface area (Å²) in [5.41, 5.74) is 5.72. The number of hydrogen-bond acceptors (Lipinski definition) is 4. The number of thioether (sulfide) groups is 1. The monoisotopic (exact) mass is 245 g/mol. The molecule has 2 aliphatic rings. The molecule has 2 rings (SSSR count). The first-order chi connectivity index (χ1) is 7.59. The van der Waals surface area contributed by atoms with Crippen LogP contribution in [-0.2, 0) is 4.79 Å². The molecule has 3 N–H and O–H groups in total. The molecule has 2 amide bonds. The summed E-state index contributed by atoms with van der Waals surface area (Å²) in [7, 11) is 0. The van der Waals surface area contributed by atoms with Crippen molar-refractivity contribution in [1.82, 2.24) is 9.80 Å². The Labute approximate surface area is 97.7 Å². The summed E-state index contributed by atoms with van der Waals surface area (Å²) in [4.78, 5) is 26.0. The van der Waals surface area contributed by atoms with Gasteiger partial charge in [-0.1, -0.05) is 0 Å². The smallest absolute Gasteiger partial charge is 0.327 e. The molecule has 0 aromatic heterocycles. The summed E-state index contributed by atoms with van der Waals surface area (Å²) >= 11 is 1.47. The second-order valence-electron chi connectivity index (χ2n) is 4.10. The standard InChI is InChI=1S/C9H15N3O3S/c10-6-1-2-11(3-6)9(15)12-5-16-4-7(12)8(13)14/h6-7H,1-5,10H2,(H,13,14)/t6?,7-/m0/s1. The lowest BCUT2D eigenvalue weighted by Crippen LogP contribution is -2.48. The molecule has 2 heterocycles. The van der Waals surface area contributed by atoms with Crippen molar-refractivity contribution in [2.24, 2.45) is 5.73 Å². The van der Waals surface area contributed by atoms with E-state index >= 15 is 0 Å². The Kier molecular flexibility index (Phi) is 3.25. The van der Waals surface area contributed by atoms with Gasteiger partial charge in [-0.15, -0.1) is 11.8 Å². The number of carbonyl (C=O) groups is 2. The van der Waals surface area contributed by atoms with Gasteiger partial charge >= 0.3 is 12.0 Å². The second-order valence-corrected chi connectivity index (χ2v) is 5.10. The molecule has 0 spiro atoms. The molecule has 1 unspecified atom stereocenters. The zero-order valence-electron chi connectivity index (χ0n) is 8.83. The lowest BCUT2D eigenvalue weighted by molar-refractivity contribution is -0.140. The number of nitrogens with two attached hydrogens (primary N) is 1. The summed E-state index contributed by atoms with van der Waals surface area (Å²) in [5.74, 6) is 0.00419. The summed E-state index contributed by atoms with van der Waals surface area (Å²) in [5, 5.41) is 8.98. The number of likely N-dealkylation sites (tertiary alicyclic amines) is 1. The van der Waals surface area contributed by atoms with Gasteiger partial charge in [0.2, 0.25) is 0 Å². The number of nitrogens with zero attached hydrogens (tertiary/aromatic N) is 2. The van der Waals surface area contributed by atoms with E-state index in [4.69, 9.17) is 10.8 Å². The molecule has 0 radical (unpaired) electrons. The number of carbonyl (C=O) groups excluding carboxylic acids is 1. The first-order valence-corrected chi connectivity index (χ1v) is 6.36. The molecular formula is C9H15N3O3S. The first-order valence-electron chi connectivity index (χ1n) is 5.21. The van der Waals surface area contributed by atoms with Crippen molar-refractivity contribution in [3.05, 3.63) is 0 Å². The summed E-state index contributed by atoms with van der Waals surface area (Å²) < 4.78 is 0. The van der Waals surface area contributed by atoms with Gasteiger partial charge in [0.15, 0.2) is 0 Å². The van der Waals surface area contributed by atoms with Crippen LogP contribution in [0.1, 0.15) is 6.42 Å². The van der Waals surface area contributed by atoms with E-state index in [1.807, 2.05) is 0 Å². The number of amides is 2. The molecule has 90 valence electrons. The highest BCUT2D eigenvalue weighted by molar-refractivity contribution is 7.99.